The second-order valence-electron chi connectivity index (χ2n) is 1.73. The number of rotatable bonds is 1. The van der Waals surface area contributed by atoms with Crippen LogP contribution >= 0.6 is 7.94 Å². The Hall–Kier alpha value is 0.270. The summed E-state index contributed by atoms with van der Waals surface area (Å²) in [4.78, 5) is 25.3. The maximum Gasteiger partial charge on any atom is 0.434 e. The lowest BCUT2D eigenvalue weighted by Gasteiger charge is -2.24. The molecule has 48 valence electrons. The predicted molar refractivity (Wildman–Crippen MR) is 27.9 cm³/mol. The highest BCUT2D eigenvalue weighted by Gasteiger charge is 2.48. The monoisotopic (exact) mass is 139 g/mol. The van der Waals surface area contributed by atoms with Crippen LogP contribution in [0.5, 0.6) is 0 Å². The molecule has 1 heterocycles. The fourth-order valence-electron chi connectivity index (χ4n) is 0.496. The zero-order valence-corrected chi connectivity index (χ0v) is 5.08. The molecule has 0 aromatic carbocycles. The lowest BCUT2D eigenvalue weighted by molar-refractivity contribution is -0.0185. The fraction of sp³-hybridized carbons (Fsp3) is 1.00. The Kier molecular flexibility index (Phi) is 1.52. The molecule has 3 N–H and O–H groups in total. The summed E-state index contributed by atoms with van der Waals surface area (Å²) in [6.07, 6.45) is 0.553. The Bertz CT molecular complexity index is 83.8. The molecule has 1 saturated heterocycles. The summed E-state index contributed by atoms with van der Waals surface area (Å²) in [5.74, 6) is -0.692. The third-order valence-corrected chi connectivity index (χ3v) is 2.24. The summed E-state index contributed by atoms with van der Waals surface area (Å²) >= 11 is 0. The fourth-order valence-corrected chi connectivity index (χ4v) is 1.25. The van der Waals surface area contributed by atoms with Gasteiger partial charge in [-0.25, -0.2) is 0 Å². The van der Waals surface area contributed by atoms with E-state index in [1.807, 2.05) is 0 Å². The van der Waals surface area contributed by atoms with Gasteiger partial charge in [-0.05, 0) is 0 Å². The van der Waals surface area contributed by atoms with E-state index < -0.39 is 13.8 Å². The highest BCUT2D eigenvalue weighted by Crippen LogP contribution is 2.54. The minimum absolute atomic E-state index is 0.522. The van der Waals surface area contributed by atoms with E-state index >= 15 is 0 Å². The zero-order valence-electron chi connectivity index (χ0n) is 4.19. The van der Waals surface area contributed by atoms with Crippen molar-refractivity contribution < 1.29 is 19.4 Å². The molecule has 1 aliphatic rings. The first-order valence-corrected chi connectivity index (χ1v) is 4.01. The van der Waals surface area contributed by atoms with Crippen LogP contribution in [0.4, 0.5) is 0 Å². The summed E-state index contributed by atoms with van der Waals surface area (Å²) in [6.45, 7) is 0.522. The van der Waals surface area contributed by atoms with Crippen molar-refractivity contribution in [3.8, 4) is 0 Å². The third-order valence-electron chi connectivity index (χ3n) is 1.06. The molecule has 1 aliphatic heterocycles. The molecule has 0 aliphatic carbocycles. The van der Waals surface area contributed by atoms with Crippen molar-refractivity contribution in [3.05, 3.63) is 0 Å². The quantitative estimate of drug-likeness (QED) is 0.427. The molecular formula is C3H8O4P+. The van der Waals surface area contributed by atoms with Crippen LogP contribution in [0.2, 0.25) is 0 Å². The van der Waals surface area contributed by atoms with Crippen LogP contribution in [0.15, 0.2) is 0 Å². The molecule has 0 spiro atoms. The Balaban J connectivity index is 2.34. The van der Waals surface area contributed by atoms with E-state index in [4.69, 9.17) is 14.7 Å². The Morgan fingerprint density at radius 1 is 1.38 bits per heavy atom. The molecule has 8 heavy (non-hydrogen) atoms. The van der Waals surface area contributed by atoms with Gasteiger partial charge in [-0.15, -0.1) is 0 Å². The topological polar surface area (TPSA) is 69.9 Å². The lowest BCUT2D eigenvalue weighted by Crippen LogP contribution is -2.28. The summed E-state index contributed by atoms with van der Waals surface area (Å²) in [5.41, 5.74) is 0. The van der Waals surface area contributed by atoms with E-state index in [1.54, 1.807) is 0 Å². The summed E-state index contributed by atoms with van der Waals surface area (Å²) in [7, 11) is -3.64. The van der Waals surface area contributed by atoms with E-state index in [-0.39, 0.29) is 0 Å². The van der Waals surface area contributed by atoms with Crippen molar-refractivity contribution in [1.82, 2.24) is 0 Å². The lowest BCUT2D eigenvalue weighted by atomic mass is 10.4. The van der Waals surface area contributed by atoms with Gasteiger partial charge >= 0.3 is 7.94 Å². The molecule has 0 radical (unpaired) electrons. The van der Waals surface area contributed by atoms with E-state index in [9.17, 15) is 0 Å². The van der Waals surface area contributed by atoms with Gasteiger partial charge in [-0.2, -0.15) is 14.7 Å². The van der Waals surface area contributed by atoms with Crippen molar-refractivity contribution in [2.75, 3.05) is 6.61 Å². The summed E-state index contributed by atoms with van der Waals surface area (Å²) in [6, 6.07) is 0. The average Bonchev–Trinajstić information content (AvgIpc) is 1.16. The molecule has 0 amide bonds. The zero-order chi connectivity index (χ0) is 6.20. The van der Waals surface area contributed by atoms with Crippen molar-refractivity contribution in [2.24, 2.45) is 0 Å². The van der Waals surface area contributed by atoms with Gasteiger partial charge in [0.2, 0.25) is 0 Å². The Labute approximate surface area is 47.3 Å². The van der Waals surface area contributed by atoms with Gasteiger partial charge in [-0.1, -0.05) is 0 Å². The summed E-state index contributed by atoms with van der Waals surface area (Å²) in [5, 5.41) is 0. The molecule has 1 rings (SSSR count). The van der Waals surface area contributed by atoms with Gasteiger partial charge in [0, 0.05) is 6.42 Å². The van der Waals surface area contributed by atoms with Gasteiger partial charge in [0.15, 0.2) is 0 Å². The molecule has 1 atom stereocenters. The maximum atomic E-state index is 8.43. The first-order valence-electron chi connectivity index (χ1n) is 2.29. The molecule has 0 bridgehead atoms. The van der Waals surface area contributed by atoms with Crippen LogP contribution in [0.25, 0.3) is 0 Å². The van der Waals surface area contributed by atoms with Crippen LogP contribution in [-0.2, 0) is 4.74 Å². The Morgan fingerprint density at radius 2 is 1.88 bits per heavy atom. The van der Waals surface area contributed by atoms with E-state index in [1.165, 1.54) is 0 Å². The second-order valence-corrected chi connectivity index (χ2v) is 3.53. The average molecular weight is 139 g/mol. The number of hydrogen-bond donors (Lipinski definition) is 3. The molecular weight excluding hydrogens is 131 g/mol. The molecule has 5 heteroatoms. The predicted octanol–water partition coefficient (Wildman–Crippen LogP) is -0.528. The van der Waals surface area contributed by atoms with Gasteiger partial charge in [0.25, 0.3) is 5.85 Å². The normalized spacial score (nSPS) is 29.6. The van der Waals surface area contributed by atoms with Gasteiger partial charge in [-0.3, -0.25) is 0 Å². The molecule has 4 nitrogen and oxygen atoms in total. The minimum atomic E-state index is -3.64. The van der Waals surface area contributed by atoms with Gasteiger partial charge < -0.3 is 4.74 Å². The van der Waals surface area contributed by atoms with Crippen LogP contribution in [-0.4, -0.2) is 27.1 Å². The van der Waals surface area contributed by atoms with Crippen molar-refractivity contribution >= 4 is 7.94 Å². The van der Waals surface area contributed by atoms with Crippen molar-refractivity contribution in [1.29, 1.82) is 0 Å². The van der Waals surface area contributed by atoms with E-state index in [0.717, 1.165) is 0 Å². The maximum absolute atomic E-state index is 8.43. The SMILES string of the molecule is O[P+](O)(O)C1CCO1. The Morgan fingerprint density at radius 3 is 1.88 bits per heavy atom. The molecule has 1 fully saturated rings. The standard InChI is InChI=1S/C3H8O4P/c4-8(5,6)3-1-2-7-3/h3-6H,1-2H2/q+1. The smallest absolute Gasteiger partial charge is 0.337 e. The van der Waals surface area contributed by atoms with Crippen molar-refractivity contribution in [2.45, 2.75) is 12.3 Å². The number of ether oxygens (including phenoxy) is 1. The van der Waals surface area contributed by atoms with Crippen LogP contribution < -0.4 is 0 Å². The first kappa shape index (κ1) is 6.39. The van der Waals surface area contributed by atoms with Gasteiger partial charge in [0.05, 0.1) is 6.61 Å². The molecule has 0 aromatic rings. The van der Waals surface area contributed by atoms with Crippen molar-refractivity contribution in [3.63, 3.8) is 0 Å². The molecule has 0 saturated carbocycles. The number of hydrogen-bond acceptors (Lipinski definition) is 4. The van der Waals surface area contributed by atoms with Crippen LogP contribution in [0.1, 0.15) is 6.42 Å². The highest BCUT2D eigenvalue weighted by molar-refractivity contribution is 7.59. The summed E-state index contributed by atoms with van der Waals surface area (Å²) < 4.78 is 4.59. The highest BCUT2D eigenvalue weighted by atomic mass is 31.2. The van der Waals surface area contributed by atoms with Crippen LogP contribution in [0, 0.1) is 0 Å². The second kappa shape index (κ2) is 1.90. The minimum Gasteiger partial charge on any atom is -0.337 e. The van der Waals surface area contributed by atoms with E-state index in [2.05, 4.69) is 4.74 Å². The molecule has 0 aromatic heterocycles. The van der Waals surface area contributed by atoms with Gasteiger partial charge in [0.1, 0.15) is 0 Å². The third kappa shape index (κ3) is 1.16. The van der Waals surface area contributed by atoms with E-state index in [0.29, 0.717) is 13.0 Å². The molecule has 1 unspecified atom stereocenters. The van der Waals surface area contributed by atoms with Crippen LogP contribution in [0.3, 0.4) is 0 Å². The first-order chi connectivity index (χ1) is 3.61. The largest absolute Gasteiger partial charge is 0.434 e.